The maximum atomic E-state index is 10.7. The van der Waals surface area contributed by atoms with E-state index in [-0.39, 0.29) is 11.5 Å². The molecule has 1 aromatic carbocycles. The molecule has 2 nitrogen and oxygen atoms in total. The third-order valence-corrected chi connectivity index (χ3v) is 8.13. The molecule has 0 amide bonds. The van der Waals surface area contributed by atoms with Crippen LogP contribution in [0.15, 0.2) is 18.2 Å². The maximum Gasteiger partial charge on any atom is 0.115 e. The summed E-state index contributed by atoms with van der Waals surface area (Å²) in [7, 11) is 0. The molecule has 0 aromatic heterocycles. The summed E-state index contributed by atoms with van der Waals surface area (Å²) in [4.78, 5) is 0. The Labute approximate surface area is 146 Å². The van der Waals surface area contributed by atoms with Crippen molar-refractivity contribution >= 4 is 0 Å². The van der Waals surface area contributed by atoms with E-state index in [1.807, 2.05) is 12.1 Å². The standard InChI is InChI=1S/C22H32O2/c1-4-13(2)18-12-14-11-15(23)5-6-16(14)17-9-10-22(3)19(21(17)18)7-8-20(22)24/h5-6,11,13,17-21,23-24H,4,7-10,12H2,1-3H3/t13?,17?,18?,19?,20-,21?,22-/m0/s1. The Hall–Kier alpha value is -1.02. The van der Waals surface area contributed by atoms with Crippen LogP contribution in [0, 0.1) is 29.1 Å². The van der Waals surface area contributed by atoms with Crippen molar-refractivity contribution < 1.29 is 10.2 Å². The lowest BCUT2D eigenvalue weighted by molar-refractivity contribution is -0.0465. The van der Waals surface area contributed by atoms with Crippen LogP contribution in [-0.2, 0) is 6.42 Å². The van der Waals surface area contributed by atoms with Crippen molar-refractivity contribution in [2.24, 2.45) is 29.1 Å². The van der Waals surface area contributed by atoms with Crippen LogP contribution in [-0.4, -0.2) is 16.3 Å². The number of aliphatic hydroxyl groups excluding tert-OH is 1. The van der Waals surface area contributed by atoms with E-state index in [0.717, 1.165) is 19.3 Å². The molecule has 0 aliphatic heterocycles. The molecule has 24 heavy (non-hydrogen) atoms. The molecule has 7 atom stereocenters. The second kappa shape index (κ2) is 5.76. The van der Waals surface area contributed by atoms with Crippen molar-refractivity contribution in [1.82, 2.24) is 0 Å². The number of fused-ring (bicyclic) bond motifs is 5. The van der Waals surface area contributed by atoms with Crippen molar-refractivity contribution in [2.45, 2.75) is 71.3 Å². The predicted molar refractivity (Wildman–Crippen MR) is 97.1 cm³/mol. The minimum atomic E-state index is -0.109. The van der Waals surface area contributed by atoms with Crippen molar-refractivity contribution in [2.75, 3.05) is 0 Å². The fraction of sp³-hybridized carbons (Fsp3) is 0.727. The molecule has 0 heterocycles. The van der Waals surface area contributed by atoms with E-state index in [1.54, 1.807) is 0 Å². The summed E-state index contributed by atoms with van der Waals surface area (Å²) in [5, 5.41) is 20.6. The molecule has 0 spiro atoms. The fourth-order valence-electron chi connectivity index (χ4n) is 6.53. The number of aromatic hydroxyl groups is 1. The smallest absolute Gasteiger partial charge is 0.115 e. The van der Waals surface area contributed by atoms with Gasteiger partial charge in [-0.2, -0.15) is 0 Å². The number of rotatable bonds is 2. The fourth-order valence-corrected chi connectivity index (χ4v) is 6.53. The van der Waals surface area contributed by atoms with E-state index in [0.29, 0.717) is 35.3 Å². The van der Waals surface area contributed by atoms with Gasteiger partial charge >= 0.3 is 0 Å². The van der Waals surface area contributed by atoms with Gasteiger partial charge in [-0.15, -0.1) is 0 Å². The van der Waals surface area contributed by atoms with Crippen molar-refractivity contribution in [3.63, 3.8) is 0 Å². The SMILES string of the molecule is CCC(C)C1Cc2cc(O)ccc2C2CC[C@@]3(C)C(CC[C@@H]3O)C21. The van der Waals surface area contributed by atoms with Crippen LogP contribution in [0.25, 0.3) is 0 Å². The zero-order chi connectivity index (χ0) is 17.1. The van der Waals surface area contributed by atoms with Gasteiger partial charge in [-0.3, -0.25) is 0 Å². The van der Waals surface area contributed by atoms with Gasteiger partial charge in [0.05, 0.1) is 6.10 Å². The summed E-state index contributed by atoms with van der Waals surface area (Å²) in [5.41, 5.74) is 2.99. The largest absolute Gasteiger partial charge is 0.508 e. The van der Waals surface area contributed by atoms with Crippen LogP contribution in [0.3, 0.4) is 0 Å². The number of benzene rings is 1. The zero-order valence-corrected chi connectivity index (χ0v) is 15.3. The van der Waals surface area contributed by atoms with Gasteiger partial charge in [-0.25, -0.2) is 0 Å². The molecule has 0 saturated heterocycles. The van der Waals surface area contributed by atoms with E-state index in [9.17, 15) is 10.2 Å². The van der Waals surface area contributed by atoms with Crippen LogP contribution in [0.1, 0.15) is 69.9 Å². The Morgan fingerprint density at radius 1 is 1.25 bits per heavy atom. The van der Waals surface area contributed by atoms with Crippen molar-refractivity contribution in [1.29, 1.82) is 0 Å². The average Bonchev–Trinajstić information content (AvgIpc) is 2.88. The molecular formula is C22H32O2. The van der Waals surface area contributed by atoms with Crippen molar-refractivity contribution in [3.8, 4) is 5.75 Å². The van der Waals surface area contributed by atoms with Crippen LogP contribution < -0.4 is 0 Å². The highest BCUT2D eigenvalue weighted by Crippen LogP contribution is 2.63. The van der Waals surface area contributed by atoms with E-state index < -0.39 is 0 Å². The molecule has 3 aliphatic carbocycles. The molecule has 2 heteroatoms. The Morgan fingerprint density at radius 2 is 2.04 bits per heavy atom. The number of phenols is 1. The minimum absolute atomic E-state index is 0.109. The molecule has 5 unspecified atom stereocenters. The van der Waals surface area contributed by atoms with Gasteiger partial charge in [0.2, 0.25) is 0 Å². The summed E-state index contributed by atoms with van der Waals surface area (Å²) in [6.45, 7) is 7.07. The highest BCUT2D eigenvalue weighted by molar-refractivity contribution is 5.41. The Balaban J connectivity index is 1.79. The van der Waals surface area contributed by atoms with Gasteiger partial charge < -0.3 is 10.2 Å². The third kappa shape index (κ3) is 2.25. The molecule has 2 N–H and O–H groups in total. The summed E-state index contributed by atoms with van der Waals surface area (Å²) < 4.78 is 0. The quantitative estimate of drug-likeness (QED) is 0.812. The average molecular weight is 328 g/mol. The second-order valence-electron chi connectivity index (χ2n) is 9.06. The zero-order valence-electron chi connectivity index (χ0n) is 15.3. The Bertz CT molecular complexity index is 624. The third-order valence-electron chi connectivity index (χ3n) is 8.13. The van der Waals surface area contributed by atoms with Gasteiger partial charge in [0.1, 0.15) is 5.75 Å². The van der Waals surface area contributed by atoms with Crippen LogP contribution >= 0.6 is 0 Å². The molecule has 3 aliphatic rings. The van der Waals surface area contributed by atoms with Crippen LogP contribution in [0.2, 0.25) is 0 Å². The van der Waals surface area contributed by atoms with E-state index in [2.05, 4.69) is 26.8 Å². The summed E-state index contributed by atoms with van der Waals surface area (Å²) in [5.74, 6) is 3.78. The number of hydrogen-bond donors (Lipinski definition) is 2. The first-order valence-corrected chi connectivity index (χ1v) is 9.95. The molecule has 0 radical (unpaired) electrons. The van der Waals surface area contributed by atoms with Gasteiger partial charge in [0, 0.05) is 0 Å². The normalized spacial score (nSPS) is 42.1. The lowest BCUT2D eigenvalue weighted by Crippen LogP contribution is -2.48. The van der Waals surface area contributed by atoms with E-state index in [4.69, 9.17) is 0 Å². The highest BCUT2D eigenvalue weighted by Gasteiger charge is 2.57. The summed E-state index contributed by atoms with van der Waals surface area (Å²) >= 11 is 0. The number of aliphatic hydroxyl groups is 1. The lowest BCUT2D eigenvalue weighted by Gasteiger charge is -2.54. The van der Waals surface area contributed by atoms with Crippen LogP contribution in [0.5, 0.6) is 5.75 Å². The topological polar surface area (TPSA) is 40.5 Å². The molecule has 0 bridgehead atoms. The number of phenolic OH excluding ortho intramolecular Hbond substituents is 1. The van der Waals surface area contributed by atoms with Gasteiger partial charge in [-0.1, -0.05) is 33.3 Å². The molecule has 2 saturated carbocycles. The minimum Gasteiger partial charge on any atom is -0.508 e. The van der Waals surface area contributed by atoms with Crippen molar-refractivity contribution in [3.05, 3.63) is 29.3 Å². The van der Waals surface area contributed by atoms with Crippen LogP contribution in [0.4, 0.5) is 0 Å². The Kier molecular flexibility index (Phi) is 3.95. The lowest BCUT2D eigenvalue weighted by atomic mass is 9.51. The molecule has 1 aromatic rings. The number of hydrogen-bond acceptors (Lipinski definition) is 2. The Morgan fingerprint density at radius 3 is 2.79 bits per heavy atom. The van der Waals surface area contributed by atoms with E-state index >= 15 is 0 Å². The first kappa shape index (κ1) is 16.4. The molecular weight excluding hydrogens is 296 g/mol. The second-order valence-corrected chi connectivity index (χ2v) is 9.06. The monoisotopic (exact) mass is 328 g/mol. The predicted octanol–water partition coefficient (Wildman–Crippen LogP) is 4.88. The van der Waals surface area contributed by atoms with Gasteiger partial charge in [-0.05, 0) is 90.4 Å². The van der Waals surface area contributed by atoms with E-state index in [1.165, 1.54) is 30.4 Å². The first-order chi connectivity index (χ1) is 11.5. The molecule has 4 rings (SSSR count). The highest BCUT2D eigenvalue weighted by atomic mass is 16.3. The molecule has 2 fully saturated rings. The molecule has 132 valence electrons. The summed E-state index contributed by atoms with van der Waals surface area (Å²) in [6.07, 6.45) is 6.73. The maximum absolute atomic E-state index is 10.7. The first-order valence-electron chi connectivity index (χ1n) is 9.95. The van der Waals surface area contributed by atoms with Gasteiger partial charge in [0.25, 0.3) is 0 Å². The van der Waals surface area contributed by atoms with Gasteiger partial charge in [0.15, 0.2) is 0 Å². The summed E-state index contributed by atoms with van der Waals surface area (Å²) in [6, 6.07) is 6.07.